The van der Waals surface area contributed by atoms with Gasteiger partial charge >= 0.3 is 17.8 Å². The topological polar surface area (TPSA) is 147 Å². The number of nitrogens with one attached hydrogen (secondary N) is 2. The molecule has 0 spiro atoms. The molecule has 2 fully saturated rings. The Balaban J connectivity index is 1.59. The van der Waals surface area contributed by atoms with Gasteiger partial charge in [0.1, 0.15) is 0 Å². The number of amides is 1. The van der Waals surface area contributed by atoms with Crippen LogP contribution in [0.3, 0.4) is 0 Å². The minimum Gasteiger partial charge on any atom is -0.329 e. The van der Waals surface area contributed by atoms with Crippen molar-refractivity contribution < 1.29 is 18.0 Å². The molecule has 0 aromatic carbocycles. The lowest BCUT2D eigenvalue weighted by molar-refractivity contribution is -0.190. The average Bonchev–Trinajstić information content (AvgIpc) is 3.39. The van der Waals surface area contributed by atoms with Gasteiger partial charge in [0, 0.05) is 18.1 Å². The zero-order valence-electron chi connectivity index (χ0n) is 15.1. The van der Waals surface area contributed by atoms with Crippen molar-refractivity contribution in [1.82, 2.24) is 44.6 Å². The number of hydrogen-bond acceptors (Lipinski definition) is 7. The summed E-state index contributed by atoms with van der Waals surface area (Å²) in [5.74, 6) is -1.94. The fraction of sp³-hybridized carbons (Fsp3) is 0.533. The summed E-state index contributed by atoms with van der Waals surface area (Å²) in [6.07, 6.45) is -2.20. The number of aromatic nitrogens is 8. The molecule has 0 saturated carbocycles. The maximum atomic E-state index is 13.0. The van der Waals surface area contributed by atoms with Crippen molar-refractivity contribution in [3.63, 3.8) is 0 Å². The number of tetrazole rings is 1. The Kier molecular flexibility index (Phi) is 3.85. The quantitative estimate of drug-likeness (QED) is 0.570. The summed E-state index contributed by atoms with van der Waals surface area (Å²) in [5.41, 5.74) is -1.44. The predicted molar refractivity (Wildman–Crippen MR) is 91.7 cm³/mol. The summed E-state index contributed by atoms with van der Waals surface area (Å²) in [4.78, 5) is 43.7. The third kappa shape index (κ3) is 2.64. The van der Waals surface area contributed by atoms with Crippen LogP contribution in [-0.2, 0) is 4.79 Å². The van der Waals surface area contributed by atoms with E-state index >= 15 is 0 Å². The van der Waals surface area contributed by atoms with Crippen molar-refractivity contribution >= 4 is 17.1 Å². The first-order valence-corrected chi connectivity index (χ1v) is 9.11. The van der Waals surface area contributed by atoms with Crippen LogP contribution in [0.5, 0.6) is 0 Å². The van der Waals surface area contributed by atoms with Crippen molar-refractivity contribution in [2.75, 3.05) is 0 Å². The minimum atomic E-state index is -4.93. The van der Waals surface area contributed by atoms with Crippen LogP contribution < -0.4 is 11.2 Å². The number of halogens is 3. The zero-order valence-corrected chi connectivity index (χ0v) is 15.1. The molecule has 1 amide bonds. The number of aromatic amines is 2. The van der Waals surface area contributed by atoms with E-state index < -0.39 is 35.4 Å². The molecule has 15 heteroatoms. The van der Waals surface area contributed by atoms with Gasteiger partial charge in [0.25, 0.3) is 11.5 Å². The number of imidazole rings is 1. The van der Waals surface area contributed by atoms with Gasteiger partial charge in [-0.25, -0.2) is 14.3 Å². The first-order chi connectivity index (χ1) is 14.3. The van der Waals surface area contributed by atoms with Crippen LogP contribution in [0.2, 0.25) is 0 Å². The number of carbonyl (C=O) groups excluding carboxylic acids is 1. The third-order valence-corrected chi connectivity index (χ3v) is 5.73. The number of fused-ring (bicyclic) bond motifs is 3. The molecular formula is C15H14F3N9O3. The van der Waals surface area contributed by atoms with E-state index in [-0.39, 0.29) is 36.0 Å². The summed E-state index contributed by atoms with van der Waals surface area (Å²) >= 11 is 0. The largest absolute Gasteiger partial charge is 0.471 e. The van der Waals surface area contributed by atoms with Gasteiger partial charge in [-0.15, -0.1) is 5.10 Å². The Bertz CT molecular complexity index is 1230. The van der Waals surface area contributed by atoms with Gasteiger partial charge in [0.2, 0.25) is 0 Å². The Hall–Kier alpha value is -3.52. The number of rotatable bonds is 2. The Morgan fingerprint density at radius 3 is 2.43 bits per heavy atom. The lowest BCUT2D eigenvalue weighted by Crippen LogP contribution is -2.51. The van der Waals surface area contributed by atoms with Crippen LogP contribution in [0.25, 0.3) is 17.1 Å². The molecule has 3 aromatic heterocycles. The van der Waals surface area contributed by atoms with Crippen LogP contribution in [0.4, 0.5) is 13.2 Å². The fourth-order valence-electron chi connectivity index (χ4n) is 4.60. The monoisotopic (exact) mass is 425 g/mol. The summed E-state index contributed by atoms with van der Waals surface area (Å²) in [6.45, 7) is 0. The normalized spacial score (nSPS) is 24.0. The summed E-state index contributed by atoms with van der Waals surface area (Å²) in [7, 11) is 0. The number of H-pyrrole nitrogens is 2. The molecule has 0 radical (unpaired) electrons. The van der Waals surface area contributed by atoms with E-state index in [0.29, 0.717) is 12.8 Å². The first kappa shape index (κ1) is 18.5. The van der Waals surface area contributed by atoms with Gasteiger partial charge in [0.05, 0.1) is 6.33 Å². The van der Waals surface area contributed by atoms with Crippen molar-refractivity contribution in [2.45, 2.75) is 50.0 Å². The number of nitrogens with zero attached hydrogens (tertiary/aromatic N) is 7. The lowest BCUT2D eigenvalue weighted by Gasteiger charge is -2.39. The number of carbonyl (C=O) groups is 1. The van der Waals surface area contributed by atoms with Crippen LogP contribution in [0, 0.1) is 0 Å². The van der Waals surface area contributed by atoms with Crippen molar-refractivity contribution in [3.05, 3.63) is 27.2 Å². The van der Waals surface area contributed by atoms with Crippen LogP contribution >= 0.6 is 0 Å². The molecule has 2 aliphatic heterocycles. The van der Waals surface area contributed by atoms with E-state index in [2.05, 4.69) is 30.6 Å². The fourth-order valence-corrected chi connectivity index (χ4v) is 4.60. The van der Waals surface area contributed by atoms with E-state index in [1.54, 1.807) is 4.57 Å². The highest BCUT2D eigenvalue weighted by Gasteiger charge is 2.52. The van der Waals surface area contributed by atoms with E-state index in [0.717, 1.165) is 9.47 Å². The molecule has 12 nitrogen and oxygen atoms in total. The predicted octanol–water partition coefficient (Wildman–Crippen LogP) is -0.355. The summed E-state index contributed by atoms with van der Waals surface area (Å²) in [5, 5.41) is 13.2. The first-order valence-electron chi connectivity index (χ1n) is 9.11. The van der Waals surface area contributed by atoms with Crippen molar-refractivity contribution in [2.24, 2.45) is 0 Å². The van der Waals surface area contributed by atoms with Crippen LogP contribution in [0.1, 0.15) is 31.7 Å². The molecule has 2 saturated heterocycles. The summed E-state index contributed by atoms with van der Waals surface area (Å²) < 4.78 is 41.5. The van der Waals surface area contributed by atoms with Gasteiger partial charge in [-0.3, -0.25) is 14.6 Å². The molecule has 2 bridgehead atoms. The number of hydrogen-bond donors (Lipinski definition) is 2. The molecule has 2 aliphatic rings. The maximum Gasteiger partial charge on any atom is 0.471 e. The van der Waals surface area contributed by atoms with Crippen LogP contribution in [0.15, 0.2) is 15.9 Å². The molecule has 158 valence electrons. The highest BCUT2D eigenvalue weighted by molar-refractivity contribution is 5.83. The Morgan fingerprint density at radius 1 is 1.13 bits per heavy atom. The summed E-state index contributed by atoms with van der Waals surface area (Å²) in [6, 6.07) is -1.55. The standard InChI is InChI=1S/C15H14F3N9O3/c16-15(17,18)12(29)26-6-1-2-7(26)4-8(3-6)25-5-19-9-10(28)20-14(30)27(11(9)25)13-21-23-24-22-13/h5-8H,1-4H2,(H,20,28,30)(H,21,22,23,24). The molecular weight excluding hydrogens is 411 g/mol. The highest BCUT2D eigenvalue weighted by Crippen LogP contribution is 2.43. The molecule has 30 heavy (non-hydrogen) atoms. The average molecular weight is 425 g/mol. The van der Waals surface area contributed by atoms with Crippen LogP contribution in [-0.4, -0.2) is 68.8 Å². The second kappa shape index (κ2) is 6.24. The van der Waals surface area contributed by atoms with E-state index in [9.17, 15) is 27.6 Å². The molecule has 3 aromatic rings. The van der Waals surface area contributed by atoms with Crippen molar-refractivity contribution in [3.8, 4) is 5.95 Å². The van der Waals surface area contributed by atoms with Gasteiger partial charge in [-0.05, 0) is 30.9 Å². The molecule has 2 N–H and O–H groups in total. The Morgan fingerprint density at radius 2 is 1.83 bits per heavy atom. The highest BCUT2D eigenvalue weighted by atomic mass is 19.4. The smallest absolute Gasteiger partial charge is 0.329 e. The molecule has 2 atom stereocenters. The van der Waals surface area contributed by atoms with E-state index in [1.807, 2.05) is 0 Å². The lowest BCUT2D eigenvalue weighted by atomic mass is 9.97. The van der Waals surface area contributed by atoms with Crippen molar-refractivity contribution in [1.29, 1.82) is 0 Å². The number of piperidine rings is 1. The van der Waals surface area contributed by atoms with Gasteiger partial charge in [0.15, 0.2) is 11.2 Å². The number of alkyl halides is 3. The minimum absolute atomic E-state index is 0.0412. The second-order valence-corrected chi connectivity index (χ2v) is 7.35. The maximum absolute atomic E-state index is 13.0. The molecule has 2 unspecified atom stereocenters. The molecule has 5 rings (SSSR count). The molecule has 5 heterocycles. The van der Waals surface area contributed by atoms with E-state index in [1.165, 1.54) is 6.33 Å². The zero-order chi connectivity index (χ0) is 21.2. The Labute approximate surface area is 163 Å². The SMILES string of the molecule is O=C(N1C2CCC1CC(n1cnc3c(=O)[nH]c(=O)n(-c4nn[nH]n4)c31)C2)C(F)(F)F. The molecule has 0 aliphatic carbocycles. The van der Waals surface area contributed by atoms with Gasteiger partial charge in [-0.2, -0.15) is 18.4 Å². The van der Waals surface area contributed by atoms with Gasteiger partial charge < -0.3 is 9.47 Å². The van der Waals surface area contributed by atoms with E-state index in [4.69, 9.17) is 0 Å². The van der Waals surface area contributed by atoms with Gasteiger partial charge in [-0.1, -0.05) is 5.10 Å². The third-order valence-electron chi connectivity index (χ3n) is 5.73. The second-order valence-electron chi connectivity index (χ2n) is 7.35.